The number of nitrogens with zero attached hydrogens (tertiary/aromatic N) is 2. The number of carboxylic acids is 1. The third-order valence-electron chi connectivity index (χ3n) is 2.42. The Morgan fingerprint density at radius 1 is 1.65 bits per heavy atom. The summed E-state index contributed by atoms with van der Waals surface area (Å²) in [6.07, 6.45) is 2.10. The largest absolute Gasteiger partial charge is 0.506 e. The number of fused-ring (bicyclic) bond motifs is 1. The Balaban J connectivity index is 2.71. The fourth-order valence-corrected chi connectivity index (χ4v) is 1.76. The molecule has 2 aromatic rings. The molecule has 0 aliphatic heterocycles. The topological polar surface area (TPSA) is 101 Å². The number of carboxylic acid groups (broad SMARTS) is 1. The van der Waals surface area contributed by atoms with Crippen LogP contribution in [0.3, 0.4) is 0 Å². The minimum Gasteiger partial charge on any atom is -0.506 e. The van der Waals surface area contributed by atoms with Crippen LogP contribution in [0, 0.1) is 0 Å². The van der Waals surface area contributed by atoms with E-state index in [1.807, 2.05) is 6.92 Å². The van der Waals surface area contributed by atoms with E-state index in [1.165, 1.54) is 6.07 Å². The molecule has 0 radical (unpaired) electrons. The van der Waals surface area contributed by atoms with E-state index < -0.39 is 5.97 Å². The smallest absolute Gasteiger partial charge is 0.356 e. The van der Waals surface area contributed by atoms with E-state index in [2.05, 4.69) is 4.98 Å². The maximum absolute atomic E-state index is 11.0. The molecule has 0 aliphatic rings. The van der Waals surface area contributed by atoms with Crippen LogP contribution < -0.4 is 5.73 Å². The summed E-state index contributed by atoms with van der Waals surface area (Å²) < 4.78 is 1.56. The molecule has 2 aromatic heterocycles. The molecular formula is C11H13N3O3. The fourth-order valence-electron chi connectivity index (χ4n) is 1.76. The lowest BCUT2D eigenvalue weighted by Gasteiger charge is -2.04. The molecule has 0 amide bonds. The molecule has 0 bridgehead atoms. The Morgan fingerprint density at radius 2 is 2.35 bits per heavy atom. The number of hydrogen-bond donors (Lipinski definition) is 3. The number of nitrogens with two attached hydrogens (primary N) is 1. The van der Waals surface area contributed by atoms with Gasteiger partial charge < -0.3 is 15.9 Å². The van der Waals surface area contributed by atoms with Crippen molar-refractivity contribution in [2.45, 2.75) is 19.4 Å². The summed E-state index contributed by atoms with van der Waals surface area (Å²) in [5.41, 5.74) is 5.73. The van der Waals surface area contributed by atoms with E-state index >= 15 is 0 Å². The lowest BCUT2D eigenvalue weighted by Crippen LogP contribution is -2.19. The highest BCUT2D eigenvalue weighted by Crippen LogP contribution is 2.23. The van der Waals surface area contributed by atoms with E-state index in [-0.39, 0.29) is 23.0 Å². The monoisotopic (exact) mass is 235 g/mol. The average molecular weight is 235 g/mol. The van der Waals surface area contributed by atoms with Gasteiger partial charge in [-0.1, -0.05) is 0 Å². The van der Waals surface area contributed by atoms with Crippen LogP contribution in [0.25, 0.3) is 5.52 Å². The number of aromatic carboxylic acids is 1. The van der Waals surface area contributed by atoms with E-state index in [4.69, 9.17) is 10.8 Å². The van der Waals surface area contributed by atoms with Crippen LogP contribution in [-0.4, -0.2) is 31.6 Å². The maximum Gasteiger partial charge on any atom is 0.356 e. The number of imidazole rings is 1. The molecule has 0 spiro atoms. The molecule has 90 valence electrons. The Kier molecular flexibility index (Phi) is 2.72. The molecule has 6 heteroatoms. The van der Waals surface area contributed by atoms with Gasteiger partial charge in [0.2, 0.25) is 0 Å². The first-order valence-electron chi connectivity index (χ1n) is 5.18. The molecule has 6 nitrogen and oxygen atoms in total. The summed E-state index contributed by atoms with van der Waals surface area (Å²) in [6, 6.07) is 2.92. The predicted molar refractivity (Wildman–Crippen MR) is 61.2 cm³/mol. The third kappa shape index (κ3) is 1.94. The number of hydrogen-bond acceptors (Lipinski definition) is 4. The van der Waals surface area contributed by atoms with Crippen molar-refractivity contribution in [3.05, 3.63) is 29.8 Å². The van der Waals surface area contributed by atoms with Gasteiger partial charge >= 0.3 is 5.97 Å². The Morgan fingerprint density at radius 3 is 2.94 bits per heavy atom. The second-order valence-corrected chi connectivity index (χ2v) is 3.98. The van der Waals surface area contributed by atoms with Crippen molar-refractivity contribution in [2.75, 3.05) is 0 Å². The highest BCUT2D eigenvalue weighted by molar-refractivity contribution is 5.95. The van der Waals surface area contributed by atoms with Gasteiger partial charge in [-0.3, -0.25) is 4.40 Å². The summed E-state index contributed by atoms with van der Waals surface area (Å²) >= 11 is 0. The summed E-state index contributed by atoms with van der Waals surface area (Å²) in [5, 5.41) is 18.7. The van der Waals surface area contributed by atoms with Gasteiger partial charge in [-0.25, -0.2) is 9.78 Å². The highest BCUT2D eigenvalue weighted by Gasteiger charge is 2.19. The second-order valence-electron chi connectivity index (χ2n) is 3.98. The molecule has 0 aromatic carbocycles. The first-order valence-corrected chi connectivity index (χ1v) is 5.18. The Hall–Kier alpha value is -2.08. The van der Waals surface area contributed by atoms with Gasteiger partial charge in [0.25, 0.3) is 0 Å². The van der Waals surface area contributed by atoms with E-state index in [0.29, 0.717) is 12.2 Å². The number of aromatic hydroxyl groups is 1. The van der Waals surface area contributed by atoms with Crippen molar-refractivity contribution < 1.29 is 15.0 Å². The summed E-state index contributed by atoms with van der Waals surface area (Å²) in [6.45, 7) is 1.81. The lowest BCUT2D eigenvalue weighted by atomic mass is 10.2. The van der Waals surface area contributed by atoms with Gasteiger partial charge in [-0.15, -0.1) is 0 Å². The van der Waals surface area contributed by atoms with Crippen molar-refractivity contribution in [2.24, 2.45) is 5.73 Å². The molecule has 17 heavy (non-hydrogen) atoms. The molecular weight excluding hydrogens is 222 g/mol. The van der Waals surface area contributed by atoms with Crippen LogP contribution in [0.4, 0.5) is 0 Å². The van der Waals surface area contributed by atoms with Gasteiger partial charge in [0.1, 0.15) is 17.1 Å². The molecule has 4 N–H and O–H groups in total. The van der Waals surface area contributed by atoms with Crippen LogP contribution in [0.15, 0.2) is 18.3 Å². The van der Waals surface area contributed by atoms with Crippen molar-refractivity contribution in [3.8, 4) is 5.75 Å². The molecule has 0 aliphatic carbocycles. The first-order chi connectivity index (χ1) is 8.00. The van der Waals surface area contributed by atoms with E-state index in [9.17, 15) is 9.90 Å². The van der Waals surface area contributed by atoms with Crippen LogP contribution in [0.2, 0.25) is 0 Å². The van der Waals surface area contributed by atoms with Gasteiger partial charge in [0.15, 0.2) is 5.69 Å². The zero-order valence-electron chi connectivity index (χ0n) is 9.29. The third-order valence-corrected chi connectivity index (χ3v) is 2.42. The quantitative estimate of drug-likeness (QED) is 0.724. The number of pyridine rings is 1. The minimum atomic E-state index is -1.17. The zero-order valence-corrected chi connectivity index (χ0v) is 9.29. The van der Waals surface area contributed by atoms with Gasteiger partial charge in [0, 0.05) is 18.7 Å². The molecule has 0 saturated carbocycles. The van der Waals surface area contributed by atoms with Gasteiger partial charge in [-0.2, -0.15) is 0 Å². The summed E-state index contributed by atoms with van der Waals surface area (Å²) in [5.74, 6) is -0.739. The first kappa shape index (κ1) is 11.4. The summed E-state index contributed by atoms with van der Waals surface area (Å²) in [4.78, 5) is 15.1. The molecule has 2 rings (SSSR count). The SMILES string of the molecule is CC(N)Cc1nc(C(=O)O)c2c(O)cccn12. The second kappa shape index (κ2) is 4.06. The van der Waals surface area contributed by atoms with Gasteiger partial charge in [-0.05, 0) is 19.1 Å². The van der Waals surface area contributed by atoms with E-state index in [1.54, 1.807) is 16.7 Å². The normalized spacial score (nSPS) is 12.8. The maximum atomic E-state index is 11.0. The van der Waals surface area contributed by atoms with E-state index in [0.717, 1.165) is 0 Å². The molecule has 2 heterocycles. The number of carbonyl (C=O) groups is 1. The Bertz CT molecular complexity index is 575. The predicted octanol–water partition coefficient (Wildman–Crippen LogP) is 0.628. The average Bonchev–Trinajstić information content (AvgIpc) is 2.58. The molecule has 0 saturated heterocycles. The van der Waals surface area contributed by atoms with Gasteiger partial charge in [0.05, 0.1) is 0 Å². The van der Waals surface area contributed by atoms with Crippen LogP contribution in [0.1, 0.15) is 23.2 Å². The zero-order chi connectivity index (χ0) is 12.6. The summed E-state index contributed by atoms with van der Waals surface area (Å²) in [7, 11) is 0. The number of aromatic nitrogens is 2. The van der Waals surface area contributed by atoms with Crippen LogP contribution >= 0.6 is 0 Å². The Labute approximate surface area is 97.3 Å². The fraction of sp³-hybridized carbons (Fsp3) is 0.273. The van der Waals surface area contributed by atoms with Crippen molar-refractivity contribution in [3.63, 3.8) is 0 Å². The van der Waals surface area contributed by atoms with Crippen LogP contribution in [-0.2, 0) is 6.42 Å². The number of rotatable bonds is 3. The lowest BCUT2D eigenvalue weighted by molar-refractivity contribution is 0.0693. The molecule has 0 fully saturated rings. The molecule has 1 unspecified atom stereocenters. The highest BCUT2D eigenvalue weighted by atomic mass is 16.4. The van der Waals surface area contributed by atoms with Crippen LogP contribution in [0.5, 0.6) is 5.75 Å². The molecule has 1 atom stereocenters. The minimum absolute atomic E-state index is 0.103. The van der Waals surface area contributed by atoms with Crippen molar-refractivity contribution in [1.29, 1.82) is 0 Å². The standard InChI is InChI=1S/C11H13N3O3/c1-6(12)5-8-13-9(11(16)17)10-7(15)3-2-4-14(8)10/h2-4,6,15H,5,12H2,1H3,(H,16,17). The van der Waals surface area contributed by atoms with Crippen molar-refractivity contribution in [1.82, 2.24) is 9.38 Å². The van der Waals surface area contributed by atoms with Crippen molar-refractivity contribution >= 4 is 11.5 Å².